The van der Waals surface area contributed by atoms with E-state index < -0.39 is 0 Å². The molecule has 0 spiro atoms. The Morgan fingerprint density at radius 2 is 1.88 bits per heavy atom. The number of carbonyl (C=O) groups excluding carboxylic acids is 1. The Morgan fingerprint density at radius 1 is 1.16 bits per heavy atom. The Hall–Kier alpha value is -3.46. The zero-order chi connectivity index (χ0) is 22.5. The predicted molar refractivity (Wildman–Crippen MR) is 116 cm³/mol. The highest BCUT2D eigenvalue weighted by molar-refractivity contribution is 5.92. The van der Waals surface area contributed by atoms with Crippen LogP contribution in [-0.4, -0.2) is 54.8 Å². The molecule has 1 fully saturated rings. The largest absolute Gasteiger partial charge is 0.497 e. The average molecular weight is 440 g/mol. The summed E-state index contributed by atoms with van der Waals surface area (Å²) in [5, 5.41) is 6.89. The number of hydrogen-bond acceptors (Lipinski definition) is 7. The second-order valence-electron chi connectivity index (χ2n) is 7.67. The zero-order valence-electron chi connectivity index (χ0n) is 18.0. The van der Waals surface area contributed by atoms with Crippen molar-refractivity contribution in [2.45, 2.75) is 18.8 Å². The Labute approximate surface area is 185 Å². The van der Waals surface area contributed by atoms with Crippen LogP contribution in [0.2, 0.25) is 0 Å². The molecule has 1 saturated heterocycles. The van der Waals surface area contributed by atoms with Crippen LogP contribution >= 0.6 is 0 Å². The molecule has 168 valence electrons. The number of nitrogens with one attached hydrogen (secondary N) is 1. The number of anilines is 1. The molecule has 1 aromatic heterocycles. The van der Waals surface area contributed by atoms with Gasteiger partial charge in [0.2, 0.25) is 17.6 Å². The first kappa shape index (κ1) is 21.8. The van der Waals surface area contributed by atoms with Crippen molar-refractivity contribution < 1.29 is 23.2 Å². The molecule has 0 radical (unpaired) electrons. The van der Waals surface area contributed by atoms with Crippen molar-refractivity contribution in [1.82, 2.24) is 15.0 Å². The molecule has 2 heterocycles. The topological polar surface area (TPSA) is 89.7 Å². The van der Waals surface area contributed by atoms with Gasteiger partial charge in [0.15, 0.2) is 0 Å². The third kappa shape index (κ3) is 5.23. The van der Waals surface area contributed by atoms with Crippen molar-refractivity contribution in [3.63, 3.8) is 0 Å². The van der Waals surface area contributed by atoms with E-state index in [1.165, 1.54) is 12.1 Å². The minimum atomic E-state index is -0.340. The molecule has 1 amide bonds. The predicted octanol–water partition coefficient (Wildman–Crippen LogP) is 3.71. The van der Waals surface area contributed by atoms with E-state index in [0.29, 0.717) is 34.5 Å². The third-order valence-electron chi connectivity index (χ3n) is 5.46. The molecule has 8 nitrogen and oxygen atoms in total. The summed E-state index contributed by atoms with van der Waals surface area (Å²) in [4.78, 5) is 19.1. The van der Waals surface area contributed by atoms with Gasteiger partial charge in [-0.25, -0.2) is 4.39 Å². The second kappa shape index (κ2) is 9.78. The molecule has 4 rings (SSSR count). The first-order valence-corrected chi connectivity index (χ1v) is 10.4. The molecule has 9 heteroatoms. The van der Waals surface area contributed by atoms with Gasteiger partial charge in [-0.2, -0.15) is 4.98 Å². The lowest BCUT2D eigenvalue weighted by atomic mass is 9.97. The molecular weight excluding hydrogens is 415 g/mol. The van der Waals surface area contributed by atoms with Gasteiger partial charge < -0.3 is 19.3 Å². The van der Waals surface area contributed by atoms with E-state index in [-0.39, 0.29) is 24.2 Å². The summed E-state index contributed by atoms with van der Waals surface area (Å²) < 4.78 is 29.3. The summed E-state index contributed by atoms with van der Waals surface area (Å²) in [5.41, 5.74) is 1.21. The number of likely N-dealkylation sites (tertiary alicyclic amines) is 1. The molecule has 0 unspecified atom stereocenters. The number of methoxy groups -OCH3 is 2. The molecule has 0 saturated carbocycles. The lowest BCUT2D eigenvalue weighted by Crippen LogP contribution is -2.38. The van der Waals surface area contributed by atoms with Crippen LogP contribution < -0.4 is 14.8 Å². The fraction of sp³-hybridized carbons (Fsp3) is 0.348. The summed E-state index contributed by atoms with van der Waals surface area (Å²) in [6.45, 7) is 1.75. The highest BCUT2D eigenvalue weighted by Gasteiger charge is 2.26. The Balaban J connectivity index is 1.30. The maximum absolute atomic E-state index is 13.4. The van der Waals surface area contributed by atoms with E-state index in [2.05, 4.69) is 20.4 Å². The number of benzene rings is 2. The average Bonchev–Trinajstić information content (AvgIpc) is 3.29. The van der Waals surface area contributed by atoms with Crippen molar-refractivity contribution in [2.24, 2.45) is 0 Å². The van der Waals surface area contributed by atoms with Crippen LogP contribution in [0.5, 0.6) is 11.5 Å². The summed E-state index contributed by atoms with van der Waals surface area (Å²) in [6, 6.07) is 11.4. The molecule has 0 aliphatic carbocycles. The van der Waals surface area contributed by atoms with E-state index in [9.17, 15) is 9.18 Å². The Kier molecular flexibility index (Phi) is 6.65. The highest BCUT2D eigenvalue weighted by Crippen LogP contribution is 2.29. The number of nitrogens with zero attached hydrogens (tertiary/aromatic N) is 3. The van der Waals surface area contributed by atoms with Gasteiger partial charge in [-0.3, -0.25) is 9.69 Å². The number of amides is 1. The van der Waals surface area contributed by atoms with Crippen LogP contribution in [0.4, 0.5) is 10.1 Å². The number of ether oxygens (including phenoxy) is 2. The zero-order valence-corrected chi connectivity index (χ0v) is 18.0. The fourth-order valence-electron chi connectivity index (χ4n) is 3.77. The van der Waals surface area contributed by atoms with E-state index in [4.69, 9.17) is 14.0 Å². The van der Waals surface area contributed by atoms with Gasteiger partial charge in [-0.05, 0) is 38.1 Å². The van der Waals surface area contributed by atoms with Gasteiger partial charge in [0.25, 0.3) is 0 Å². The van der Waals surface area contributed by atoms with E-state index >= 15 is 0 Å². The van der Waals surface area contributed by atoms with Gasteiger partial charge in [0.05, 0.1) is 20.8 Å². The second-order valence-corrected chi connectivity index (χ2v) is 7.67. The van der Waals surface area contributed by atoms with E-state index in [1.54, 1.807) is 44.6 Å². The number of aromatic nitrogens is 2. The van der Waals surface area contributed by atoms with Crippen molar-refractivity contribution >= 4 is 11.6 Å². The normalized spacial score (nSPS) is 14.8. The standard InChI is InChI=1S/C23H25FN4O4/c1-30-19-11-18(12-20(13-19)31-2)25-21(29)14-28-8-6-15(7-9-28)23-26-22(27-32-23)16-4-3-5-17(24)10-16/h3-5,10-13,15H,6-9,14H2,1-2H3,(H,25,29). The molecule has 0 bridgehead atoms. The summed E-state index contributed by atoms with van der Waals surface area (Å²) >= 11 is 0. The maximum atomic E-state index is 13.4. The van der Waals surface area contributed by atoms with Crippen molar-refractivity contribution in [3.8, 4) is 22.9 Å². The van der Waals surface area contributed by atoms with Crippen molar-refractivity contribution in [2.75, 3.05) is 39.2 Å². The van der Waals surface area contributed by atoms with Gasteiger partial charge in [0.1, 0.15) is 17.3 Å². The molecule has 1 N–H and O–H groups in total. The molecule has 0 atom stereocenters. The van der Waals surface area contributed by atoms with Crippen LogP contribution in [0, 0.1) is 5.82 Å². The van der Waals surface area contributed by atoms with E-state index in [0.717, 1.165) is 25.9 Å². The first-order valence-electron chi connectivity index (χ1n) is 10.4. The lowest BCUT2D eigenvalue weighted by Gasteiger charge is -2.29. The van der Waals surface area contributed by atoms with Crippen LogP contribution in [0.25, 0.3) is 11.4 Å². The van der Waals surface area contributed by atoms with Crippen LogP contribution in [0.15, 0.2) is 47.0 Å². The maximum Gasteiger partial charge on any atom is 0.238 e. The van der Waals surface area contributed by atoms with Crippen LogP contribution in [0.3, 0.4) is 0 Å². The number of carbonyl (C=O) groups is 1. The number of hydrogen-bond donors (Lipinski definition) is 1. The molecule has 2 aromatic carbocycles. The number of piperidine rings is 1. The highest BCUT2D eigenvalue weighted by atomic mass is 19.1. The number of halogens is 1. The summed E-state index contributed by atoms with van der Waals surface area (Å²) in [7, 11) is 3.13. The van der Waals surface area contributed by atoms with Crippen molar-refractivity contribution in [1.29, 1.82) is 0 Å². The smallest absolute Gasteiger partial charge is 0.238 e. The minimum absolute atomic E-state index is 0.107. The molecule has 32 heavy (non-hydrogen) atoms. The molecular formula is C23H25FN4O4. The van der Waals surface area contributed by atoms with Gasteiger partial charge in [0, 0.05) is 35.4 Å². The van der Waals surface area contributed by atoms with Crippen LogP contribution in [0.1, 0.15) is 24.7 Å². The lowest BCUT2D eigenvalue weighted by molar-refractivity contribution is -0.117. The van der Waals surface area contributed by atoms with E-state index in [1.807, 2.05) is 0 Å². The SMILES string of the molecule is COc1cc(NC(=O)CN2CCC(c3nc(-c4cccc(F)c4)no3)CC2)cc(OC)c1. The molecule has 3 aromatic rings. The fourth-order valence-corrected chi connectivity index (χ4v) is 3.77. The minimum Gasteiger partial charge on any atom is -0.497 e. The summed E-state index contributed by atoms with van der Waals surface area (Å²) in [5.74, 6) is 1.83. The van der Waals surface area contributed by atoms with Crippen LogP contribution in [-0.2, 0) is 4.79 Å². The molecule has 1 aliphatic rings. The molecule has 1 aliphatic heterocycles. The van der Waals surface area contributed by atoms with Gasteiger partial charge >= 0.3 is 0 Å². The summed E-state index contributed by atoms with van der Waals surface area (Å²) in [6.07, 6.45) is 1.59. The third-order valence-corrected chi connectivity index (χ3v) is 5.46. The quantitative estimate of drug-likeness (QED) is 0.599. The Bertz CT molecular complexity index is 1060. The number of rotatable bonds is 7. The van der Waals surface area contributed by atoms with Crippen molar-refractivity contribution in [3.05, 3.63) is 54.2 Å². The monoisotopic (exact) mass is 440 g/mol. The Morgan fingerprint density at radius 3 is 2.53 bits per heavy atom. The first-order chi connectivity index (χ1) is 15.5. The van der Waals surface area contributed by atoms with Gasteiger partial charge in [-0.1, -0.05) is 17.3 Å². The van der Waals surface area contributed by atoms with Gasteiger partial charge in [-0.15, -0.1) is 0 Å².